The first-order valence-corrected chi connectivity index (χ1v) is 10.9. The highest BCUT2D eigenvalue weighted by Crippen LogP contribution is 2.19. The SMILES string of the molecule is Cc1cccc(C)c1NC(=O)CN1CCN(C(=O)CN(C)Cc2ccsc2)CC1. The van der Waals surface area contributed by atoms with E-state index < -0.39 is 0 Å². The van der Waals surface area contributed by atoms with Crippen molar-refractivity contribution in [1.29, 1.82) is 0 Å². The number of rotatable bonds is 7. The molecule has 6 nitrogen and oxygen atoms in total. The van der Waals surface area contributed by atoms with E-state index in [9.17, 15) is 9.59 Å². The first kappa shape index (κ1) is 21.5. The highest BCUT2D eigenvalue weighted by Gasteiger charge is 2.23. The Balaban J connectivity index is 1.41. The van der Waals surface area contributed by atoms with Gasteiger partial charge in [-0.2, -0.15) is 11.3 Å². The summed E-state index contributed by atoms with van der Waals surface area (Å²) in [4.78, 5) is 31.1. The number of nitrogens with zero attached hydrogens (tertiary/aromatic N) is 3. The van der Waals surface area contributed by atoms with E-state index in [0.29, 0.717) is 26.2 Å². The molecule has 0 unspecified atom stereocenters. The second kappa shape index (κ2) is 10.0. The zero-order chi connectivity index (χ0) is 20.8. The van der Waals surface area contributed by atoms with Crippen molar-refractivity contribution in [2.24, 2.45) is 0 Å². The summed E-state index contributed by atoms with van der Waals surface area (Å²) in [6, 6.07) is 8.09. The zero-order valence-corrected chi connectivity index (χ0v) is 18.3. The summed E-state index contributed by atoms with van der Waals surface area (Å²) < 4.78 is 0. The van der Waals surface area contributed by atoms with Crippen molar-refractivity contribution in [2.45, 2.75) is 20.4 Å². The van der Waals surface area contributed by atoms with E-state index in [4.69, 9.17) is 0 Å². The van der Waals surface area contributed by atoms with E-state index in [1.54, 1.807) is 11.3 Å². The average molecular weight is 415 g/mol. The van der Waals surface area contributed by atoms with Crippen LogP contribution >= 0.6 is 11.3 Å². The van der Waals surface area contributed by atoms with E-state index in [0.717, 1.165) is 36.4 Å². The number of carbonyl (C=O) groups excluding carboxylic acids is 2. The molecule has 1 aliphatic rings. The Kier molecular flexibility index (Phi) is 7.41. The molecule has 1 aromatic heterocycles. The number of amides is 2. The van der Waals surface area contributed by atoms with Gasteiger partial charge in [0.25, 0.3) is 0 Å². The number of aryl methyl sites for hydroxylation is 2. The highest BCUT2D eigenvalue weighted by molar-refractivity contribution is 7.07. The van der Waals surface area contributed by atoms with Gasteiger partial charge in [-0.05, 0) is 54.4 Å². The van der Waals surface area contributed by atoms with Crippen molar-refractivity contribution in [3.63, 3.8) is 0 Å². The van der Waals surface area contributed by atoms with Crippen molar-refractivity contribution < 1.29 is 9.59 Å². The molecule has 0 radical (unpaired) electrons. The van der Waals surface area contributed by atoms with Crippen LogP contribution in [-0.4, -0.2) is 72.8 Å². The normalized spacial score (nSPS) is 15.0. The molecule has 29 heavy (non-hydrogen) atoms. The fourth-order valence-electron chi connectivity index (χ4n) is 3.63. The number of benzene rings is 1. The minimum absolute atomic E-state index is 0.00215. The third kappa shape index (κ3) is 6.13. The second-order valence-corrected chi connectivity index (χ2v) is 8.56. The summed E-state index contributed by atoms with van der Waals surface area (Å²) in [7, 11) is 1.98. The Morgan fingerprint density at radius 2 is 1.79 bits per heavy atom. The number of likely N-dealkylation sites (N-methyl/N-ethyl adjacent to an activating group) is 1. The maximum Gasteiger partial charge on any atom is 0.238 e. The van der Waals surface area contributed by atoms with Gasteiger partial charge >= 0.3 is 0 Å². The minimum atomic E-state index is -0.00215. The number of thiophene rings is 1. The van der Waals surface area contributed by atoms with Gasteiger partial charge in [0, 0.05) is 38.4 Å². The molecule has 1 N–H and O–H groups in total. The van der Waals surface area contributed by atoms with Crippen LogP contribution in [0.15, 0.2) is 35.0 Å². The summed E-state index contributed by atoms with van der Waals surface area (Å²) in [5, 5.41) is 7.21. The number of nitrogens with one attached hydrogen (secondary N) is 1. The van der Waals surface area contributed by atoms with Crippen LogP contribution in [0.1, 0.15) is 16.7 Å². The lowest BCUT2D eigenvalue weighted by atomic mass is 10.1. The Morgan fingerprint density at radius 3 is 2.41 bits per heavy atom. The molecule has 2 heterocycles. The van der Waals surface area contributed by atoms with E-state index in [1.807, 2.05) is 44.0 Å². The van der Waals surface area contributed by atoms with Gasteiger partial charge in [0.2, 0.25) is 11.8 Å². The van der Waals surface area contributed by atoms with Crippen LogP contribution in [0.4, 0.5) is 5.69 Å². The van der Waals surface area contributed by atoms with Crippen molar-refractivity contribution >= 4 is 28.8 Å². The molecule has 0 saturated carbocycles. The molecule has 0 bridgehead atoms. The predicted octanol–water partition coefficient (Wildman–Crippen LogP) is 2.58. The Morgan fingerprint density at radius 1 is 1.10 bits per heavy atom. The van der Waals surface area contributed by atoms with Gasteiger partial charge < -0.3 is 10.2 Å². The van der Waals surface area contributed by atoms with Crippen LogP contribution in [0.3, 0.4) is 0 Å². The summed E-state index contributed by atoms with van der Waals surface area (Å²) in [6.07, 6.45) is 0. The highest BCUT2D eigenvalue weighted by atomic mass is 32.1. The van der Waals surface area contributed by atoms with Crippen molar-refractivity contribution in [2.75, 3.05) is 51.6 Å². The molecule has 0 aliphatic carbocycles. The summed E-state index contributed by atoms with van der Waals surface area (Å²) in [6.45, 7) is 8.35. The smallest absolute Gasteiger partial charge is 0.238 e. The van der Waals surface area contributed by atoms with Gasteiger partial charge in [0.1, 0.15) is 0 Å². The summed E-state index contributed by atoms with van der Waals surface area (Å²) in [5.74, 6) is 0.153. The van der Waals surface area contributed by atoms with Gasteiger partial charge in [-0.15, -0.1) is 0 Å². The molecule has 1 saturated heterocycles. The molecule has 156 valence electrons. The van der Waals surface area contributed by atoms with Crippen molar-refractivity contribution in [3.8, 4) is 0 Å². The first-order valence-electron chi connectivity index (χ1n) is 9.98. The molecule has 1 fully saturated rings. The van der Waals surface area contributed by atoms with E-state index in [1.165, 1.54) is 5.56 Å². The number of piperazine rings is 1. The van der Waals surface area contributed by atoms with Crippen LogP contribution in [-0.2, 0) is 16.1 Å². The van der Waals surface area contributed by atoms with Gasteiger partial charge in [-0.25, -0.2) is 0 Å². The lowest BCUT2D eigenvalue weighted by molar-refractivity contribution is -0.134. The third-order valence-corrected chi connectivity index (χ3v) is 6.01. The van der Waals surface area contributed by atoms with Crippen molar-refractivity contribution in [3.05, 3.63) is 51.7 Å². The summed E-state index contributed by atoms with van der Waals surface area (Å²) >= 11 is 1.68. The largest absolute Gasteiger partial charge is 0.339 e. The van der Waals surface area contributed by atoms with Crippen LogP contribution in [0.2, 0.25) is 0 Å². The molecular formula is C22H30N4O2S. The Hall–Kier alpha value is -2.22. The van der Waals surface area contributed by atoms with E-state index >= 15 is 0 Å². The van der Waals surface area contributed by atoms with Crippen LogP contribution in [0.25, 0.3) is 0 Å². The average Bonchev–Trinajstić information content (AvgIpc) is 3.18. The molecule has 0 atom stereocenters. The van der Waals surface area contributed by atoms with Crippen molar-refractivity contribution in [1.82, 2.24) is 14.7 Å². The van der Waals surface area contributed by atoms with Gasteiger partial charge in [0.05, 0.1) is 13.1 Å². The molecule has 3 rings (SSSR count). The Labute approximate surface area is 177 Å². The third-order valence-electron chi connectivity index (χ3n) is 5.28. The molecule has 1 aliphatic heterocycles. The number of anilines is 1. The second-order valence-electron chi connectivity index (χ2n) is 7.78. The number of carbonyl (C=O) groups is 2. The van der Waals surface area contributed by atoms with Gasteiger partial charge in [-0.1, -0.05) is 18.2 Å². The minimum Gasteiger partial charge on any atom is -0.339 e. The standard InChI is InChI=1S/C22H30N4O2S/c1-17-5-4-6-18(2)22(17)23-20(27)14-25-8-10-26(11-9-25)21(28)15-24(3)13-19-7-12-29-16-19/h4-7,12,16H,8-11,13-15H2,1-3H3,(H,23,27). The quantitative estimate of drug-likeness (QED) is 0.757. The maximum atomic E-state index is 12.6. The fourth-order valence-corrected chi connectivity index (χ4v) is 4.29. The molecule has 0 spiro atoms. The predicted molar refractivity (Wildman–Crippen MR) is 118 cm³/mol. The maximum absolute atomic E-state index is 12.6. The zero-order valence-electron chi connectivity index (χ0n) is 17.5. The van der Waals surface area contributed by atoms with Gasteiger partial charge in [-0.3, -0.25) is 19.4 Å². The Bertz CT molecular complexity index is 809. The van der Waals surface area contributed by atoms with Gasteiger partial charge in [0.15, 0.2) is 0 Å². The molecule has 1 aromatic carbocycles. The lowest BCUT2D eigenvalue weighted by Gasteiger charge is -2.35. The topological polar surface area (TPSA) is 55.9 Å². The fraction of sp³-hybridized carbons (Fsp3) is 0.455. The first-order chi connectivity index (χ1) is 13.9. The summed E-state index contributed by atoms with van der Waals surface area (Å²) in [5.41, 5.74) is 4.28. The monoisotopic (exact) mass is 414 g/mol. The van der Waals surface area contributed by atoms with E-state index in [-0.39, 0.29) is 11.8 Å². The molecule has 2 aromatic rings. The molecule has 7 heteroatoms. The van der Waals surface area contributed by atoms with Crippen LogP contribution in [0, 0.1) is 13.8 Å². The van der Waals surface area contributed by atoms with Crippen LogP contribution < -0.4 is 5.32 Å². The molecular weight excluding hydrogens is 384 g/mol. The molecule has 2 amide bonds. The van der Waals surface area contributed by atoms with Crippen LogP contribution in [0.5, 0.6) is 0 Å². The van der Waals surface area contributed by atoms with E-state index in [2.05, 4.69) is 31.9 Å². The number of para-hydroxylation sites is 1. The lowest BCUT2D eigenvalue weighted by Crippen LogP contribution is -2.52. The number of hydrogen-bond donors (Lipinski definition) is 1. The number of hydrogen-bond acceptors (Lipinski definition) is 5.